The van der Waals surface area contributed by atoms with E-state index in [9.17, 15) is 0 Å². The first-order valence-corrected chi connectivity index (χ1v) is 5.43. The molecule has 80 valence electrons. The van der Waals surface area contributed by atoms with E-state index in [1.807, 2.05) is 25.1 Å². The zero-order valence-corrected chi connectivity index (χ0v) is 9.69. The second-order valence-corrected chi connectivity index (χ2v) is 4.31. The van der Waals surface area contributed by atoms with Crippen molar-refractivity contribution < 1.29 is 0 Å². The third-order valence-electron chi connectivity index (χ3n) is 2.04. The van der Waals surface area contributed by atoms with Crippen molar-refractivity contribution in [1.82, 2.24) is 20.2 Å². The molecule has 2 aromatic rings. The maximum Gasteiger partial charge on any atom is 0.213 e. The number of tetrazole rings is 1. The predicted molar refractivity (Wildman–Crippen MR) is 58.8 cm³/mol. The van der Waals surface area contributed by atoms with Crippen molar-refractivity contribution in [1.29, 1.82) is 5.26 Å². The van der Waals surface area contributed by atoms with Crippen LogP contribution in [0.3, 0.4) is 0 Å². The van der Waals surface area contributed by atoms with Crippen LogP contribution < -0.4 is 0 Å². The molecule has 16 heavy (non-hydrogen) atoms. The Balaban J connectivity index is 2.38. The third-order valence-corrected chi connectivity index (χ3v) is 3.13. The first-order chi connectivity index (χ1) is 7.70. The summed E-state index contributed by atoms with van der Waals surface area (Å²) >= 11 is 1.39. The number of rotatable bonds is 2. The Morgan fingerprint density at radius 1 is 1.44 bits per heavy atom. The molecule has 0 bridgehead atoms. The molecule has 1 aromatic carbocycles. The quantitative estimate of drug-likeness (QED) is 0.784. The van der Waals surface area contributed by atoms with Gasteiger partial charge in [-0.1, -0.05) is 6.07 Å². The van der Waals surface area contributed by atoms with Crippen molar-refractivity contribution in [3.05, 3.63) is 29.3 Å². The van der Waals surface area contributed by atoms with Gasteiger partial charge in [-0.3, -0.25) is 0 Å². The fourth-order valence-electron chi connectivity index (χ4n) is 1.21. The summed E-state index contributed by atoms with van der Waals surface area (Å²) in [5.74, 6) is 0. The first kappa shape index (κ1) is 10.6. The zero-order chi connectivity index (χ0) is 11.5. The molecule has 0 aliphatic rings. The smallest absolute Gasteiger partial charge is 0.213 e. The molecule has 0 saturated heterocycles. The number of nitriles is 1. The molecule has 0 fully saturated rings. The summed E-state index contributed by atoms with van der Waals surface area (Å²) in [5.41, 5.74) is 1.75. The van der Waals surface area contributed by atoms with Gasteiger partial charge in [0, 0.05) is 11.9 Å². The van der Waals surface area contributed by atoms with Crippen LogP contribution in [0.5, 0.6) is 0 Å². The van der Waals surface area contributed by atoms with Crippen LogP contribution in [0.2, 0.25) is 0 Å². The molecule has 5 nitrogen and oxygen atoms in total. The average molecular weight is 231 g/mol. The summed E-state index contributed by atoms with van der Waals surface area (Å²) in [6.07, 6.45) is 0. The topological polar surface area (TPSA) is 67.4 Å². The van der Waals surface area contributed by atoms with Crippen molar-refractivity contribution in [3.8, 4) is 6.07 Å². The van der Waals surface area contributed by atoms with Gasteiger partial charge in [0.25, 0.3) is 0 Å². The van der Waals surface area contributed by atoms with E-state index in [1.54, 1.807) is 11.7 Å². The van der Waals surface area contributed by atoms with Gasteiger partial charge in [0.2, 0.25) is 5.16 Å². The predicted octanol–water partition coefficient (Wildman–Crippen LogP) is 1.54. The van der Waals surface area contributed by atoms with Gasteiger partial charge in [-0.15, -0.1) is 5.10 Å². The van der Waals surface area contributed by atoms with Gasteiger partial charge in [0.1, 0.15) is 6.07 Å². The molecule has 0 radical (unpaired) electrons. The number of hydrogen-bond acceptors (Lipinski definition) is 5. The molecule has 0 aliphatic heterocycles. The number of nitrogens with zero attached hydrogens (tertiary/aromatic N) is 5. The van der Waals surface area contributed by atoms with Crippen LogP contribution in [-0.2, 0) is 7.05 Å². The molecule has 1 aromatic heterocycles. The number of aromatic nitrogens is 4. The molecule has 0 N–H and O–H groups in total. The third kappa shape index (κ3) is 2.04. The lowest BCUT2D eigenvalue weighted by atomic mass is 10.2. The fourth-order valence-corrected chi connectivity index (χ4v) is 2.12. The Hall–Kier alpha value is -1.87. The van der Waals surface area contributed by atoms with E-state index in [4.69, 9.17) is 5.26 Å². The minimum atomic E-state index is 0.638. The first-order valence-electron chi connectivity index (χ1n) is 4.61. The number of hydrogen-bond donors (Lipinski definition) is 0. The van der Waals surface area contributed by atoms with Gasteiger partial charge >= 0.3 is 0 Å². The summed E-state index contributed by atoms with van der Waals surface area (Å²) in [5, 5.41) is 20.8. The second kappa shape index (κ2) is 4.33. The van der Waals surface area contributed by atoms with E-state index < -0.39 is 0 Å². The molecule has 0 amide bonds. The summed E-state index contributed by atoms with van der Waals surface area (Å²) in [4.78, 5) is 0.875. The van der Waals surface area contributed by atoms with Gasteiger partial charge in [-0.05, 0) is 46.8 Å². The Labute approximate surface area is 97.1 Å². The fraction of sp³-hybridized carbons (Fsp3) is 0.200. The van der Waals surface area contributed by atoms with Crippen molar-refractivity contribution in [2.24, 2.45) is 7.05 Å². The Morgan fingerprint density at radius 2 is 2.25 bits per heavy atom. The summed E-state index contributed by atoms with van der Waals surface area (Å²) in [6.45, 7) is 1.99. The summed E-state index contributed by atoms with van der Waals surface area (Å²) in [7, 11) is 1.77. The van der Waals surface area contributed by atoms with Gasteiger partial charge < -0.3 is 0 Å². The minimum Gasteiger partial charge on any atom is -0.223 e. The molecule has 2 rings (SSSR count). The van der Waals surface area contributed by atoms with E-state index in [-0.39, 0.29) is 0 Å². The monoisotopic (exact) mass is 231 g/mol. The largest absolute Gasteiger partial charge is 0.223 e. The summed E-state index contributed by atoms with van der Waals surface area (Å²) in [6, 6.07) is 7.83. The highest BCUT2D eigenvalue weighted by atomic mass is 32.2. The van der Waals surface area contributed by atoms with E-state index >= 15 is 0 Å². The molecular weight excluding hydrogens is 222 g/mol. The van der Waals surface area contributed by atoms with Crippen molar-refractivity contribution in [2.75, 3.05) is 0 Å². The lowest BCUT2D eigenvalue weighted by Gasteiger charge is -2.03. The van der Waals surface area contributed by atoms with Crippen LogP contribution in [0.4, 0.5) is 0 Å². The highest BCUT2D eigenvalue weighted by Crippen LogP contribution is 2.28. The summed E-state index contributed by atoms with van der Waals surface area (Å²) < 4.78 is 1.58. The SMILES string of the molecule is Cc1ccc(C#N)c(Sc2nnnn2C)c1. The van der Waals surface area contributed by atoms with Crippen LogP contribution in [0.25, 0.3) is 0 Å². The molecule has 0 unspecified atom stereocenters. The van der Waals surface area contributed by atoms with Crippen LogP contribution in [0.15, 0.2) is 28.3 Å². The van der Waals surface area contributed by atoms with E-state index in [0.29, 0.717) is 10.7 Å². The maximum absolute atomic E-state index is 8.99. The number of aryl methyl sites for hydroxylation is 2. The van der Waals surface area contributed by atoms with Crippen molar-refractivity contribution >= 4 is 11.8 Å². The van der Waals surface area contributed by atoms with Crippen LogP contribution >= 0.6 is 11.8 Å². The Bertz CT molecular complexity index is 555. The molecule has 0 atom stereocenters. The Morgan fingerprint density at radius 3 is 2.88 bits per heavy atom. The second-order valence-electron chi connectivity index (χ2n) is 3.30. The zero-order valence-electron chi connectivity index (χ0n) is 8.88. The molecule has 0 saturated carbocycles. The van der Waals surface area contributed by atoms with Crippen molar-refractivity contribution in [2.45, 2.75) is 17.0 Å². The van der Waals surface area contributed by atoms with Crippen LogP contribution in [0.1, 0.15) is 11.1 Å². The number of benzene rings is 1. The van der Waals surface area contributed by atoms with Gasteiger partial charge in [0.05, 0.1) is 5.56 Å². The van der Waals surface area contributed by atoms with Gasteiger partial charge in [-0.2, -0.15) is 5.26 Å². The molecular formula is C10H9N5S. The van der Waals surface area contributed by atoms with Crippen molar-refractivity contribution in [3.63, 3.8) is 0 Å². The van der Waals surface area contributed by atoms with E-state index in [0.717, 1.165) is 10.5 Å². The molecule has 0 spiro atoms. The lowest BCUT2D eigenvalue weighted by Crippen LogP contribution is -1.93. The van der Waals surface area contributed by atoms with Gasteiger partial charge in [0.15, 0.2) is 0 Å². The molecule has 6 heteroatoms. The van der Waals surface area contributed by atoms with Crippen LogP contribution in [-0.4, -0.2) is 20.2 Å². The van der Waals surface area contributed by atoms with Gasteiger partial charge in [-0.25, -0.2) is 4.68 Å². The molecule has 0 aliphatic carbocycles. The van der Waals surface area contributed by atoms with Crippen LogP contribution in [0, 0.1) is 18.3 Å². The Kier molecular flexibility index (Phi) is 2.88. The lowest BCUT2D eigenvalue weighted by molar-refractivity contribution is 0.664. The highest BCUT2D eigenvalue weighted by molar-refractivity contribution is 7.99. The standard InChI is InChI=1S/C10H9N5S/c1-7-3-4-8(6-11)9(5-7)16-10-12-13-14-15(10)2/h3-5H,1-2H3. The van der Waals surface area contributed by atoms with E-state index in [2.05, 4.69) is 21.6 Å². The highest BCUT2D eigenvalue weighted by Gasteiger charge is 2.09. The minimum absolute atomic E-state index is 0.638. The molecule has 1 heterocycles. The average Bonchev–Trinajstić information content (AvgIpc) is 2.65. The van der Waals surface area contributed by atoms with E-state index in [1.165, 1.54) is 11.8 Å². The maximum atomic E-state index is 8.99. The normalized spacial score (nSPS) is 10.1.